The Morgan fingerprint density at radius 2 is 2.00 bits per heavy atom. The summed E-state index contributed by atoms with van der Waals surface area (Å²) < 4.78 is 6.07. The first-order chi connectivity index (χ1) is 8.79. The average Bonchev–Trinajstić information content (AvgIpc) is 2.40. The molecule has 3 nitrogen and oxygen atoms in total. The second-order valence-corrected chi connectivity index (χ2v) is 5.56. The fraction of sp³-hybridized carbons (Fsp3) is 0.571. The highest BCUT2D eigenvalue weighted by molar-refractivity contribution is 6.33. The van der Waals surface area contributed by atoms with Gasteiger partial charge in [-0.3, -0.25) is 0 Å². The predicted octanol–water partition coefficient (Wildman–Crippen LogP) is 2.30. The van der Waals surface area contributed by atoms with Gasteiger partial charge in [0.1, 0.15) is 0 Å². The molecule has 2 saturated heterocycles. The monoisotopic (exact) mass is 266 g/mol. The number of halogens is 1. The highest BCUT2D eigenvalue weighted by Gasteiger charge is 2.38. The summed E-state index contributed by atoms with van der Waals surface area (Å²) in [5.74, 6) is 0. The number of morpholine rings is 1. The minimum Gasteiger partial charge on any atom is -0.371 e. The summed E-state index contributed by atoms with van der Waals surface area (Å²) in [6.07, 6.45) is 2.18. The van der Waals surface area contributed by atoms with Crippen molar-refractivity contribution in [3.05, 3.63) is 29.3 Å². The lowest BCUT2D eigenvalue weighted by Gasteiger charge is -2.46. The van der Waals surface area contributed by atoms with Crippen molar-refractivity contribution in [1.29, 1.82) is 0 Å². The molecule has 2 aliphatic rings. The van der Waals surface area contributed by atoms with E-state index in [-0.39, 0.29) is 5.60 Å². The molecule has 0 aromatic heterocycles. The maximum atomic E-state index is 6.29. The molecule has 0 atom stereocenters. The van der Waals surface area contributed by atoms with Crippen LogP contribution in [0.1, 0.15) is 12.8 Å². The van der Waals surface area contributed by atoms with Gasteiger partial charge in [0.05, 0.1) is 22.9 Å². The maximum Gasteiger partial charge on any atom is 0.0881 e. The molecule has 0 bridgehead atoms. The van der Waals surface area contributed by atoms with E-state index in [2.05, 4.69) is 16.3 Å². The predicted molar refractivity (Wildman–Crippen MR) is 74.5 cm³/mol. The molecule has 0 unspecified atom stereocenters. The molecule has 2 aliphatic heterocycles. The van der Waals surface area contributed by atoms with E-state index >= 15 is 0 Å². The van der Waals surface area contributed by atoms with Crippen LogP contribution in [0.3, 0.4) is 0 Å². The van der Waals surface area contributed by atoms with Gasteiger partial charge in [-0.1, -0.05) is 23.7 Å². The Morgan fingerprint density at radius 1 is 1.22 bits per heavy atom. The molecular weight excluding hydrogens is 248 g/mol. The van der Waals surface area contributed by atoms with Gasteiger partial charge >= 0.3 is 0 Å². The van der Waals surface area contributed by atoms with Crippen LogP contribution in [-0.2, 0) is 4.74 Å². The van der Waals surface area contributed by atoms with Gasteiger partial charge in [0, 0.05) is 13.1 Å². The molecular formula is C14H19ClN2O. The molecule has 18 heavy (non-hydrogen) atoms. The number of nitrogens with zero attached hydrogens (tertiary/aromatic N) is 1. The van der Waals surface area contributed by atoms with Crippen molar-refractivity contribution in [3.63, 3.8) is 0 Å². The molecule has 2 fully saturated rings. The minimum atomic E-state index is 0.0304. The zero-order valence-corrected chi connectivity index (χ0v) is 11.2. The van der Waals surface area contributed by atoms with Crippen LogP contribution in [0, 0.1) is 0 Å². The van der Waals surface area contributed by atoms with Gasteiger partial charge in [0.15, 0.2) is 0 Å². The zero-order valence-electron chi connectivity index (χ0n) is 10.5. The van der Waals surface area contributed by atoms with Crippen LogP contribution < -0.4 is 10.2 Å². The molecule has 1 N–H and O–H groups in total. The Hall–Kier alpha value is -0.770. The lowest BCUT2D eigenvalue weighted by Crippen LogP contribution is -2.56. The molecule has 2 heterocycles. The average molecular weight is 267 g/mol. The van der Waals surface area contributed by atoms with Gasteiger partial charge in [-0.2, -0.15) is 0 Å². The van der Waals surface area contributed by atoms with Crippen molar-refractivity contribution in [2.24, 2.45) is 0 Å². The van der Waals surface area contributed by atoms with E-state index in [9.17, 15) is 0 Å². The Balaban J connectivity index is 1.80. The number of hydrogen-bond donors (Lipinski definition) is 1. The molecule has 0 radical (unpaired) electrons. The van der Waals surface area contributed by atoms with E-state index < -0.39 is 0 Å². The quantitative estimate of drug-likeness (QED) is 0.844. The first-order valence-electron chi connectivity index (χ1n) is 6.63. The van der Waals surface area contributed by atoms with Crippen LogP contribution >= 0.6 is 11.6 Å². The zero-order chi connectivity index (χ0) is 12.4. The summed E-state index contributed by atoms with van der Waals surface area (Å²) in [5.41, 5.74) is 1.17. The van der Waals surface area contributed by atoms with Crippen LogP contribution in [0.4, 0.5) is 5.69 Å². The lowest BCUT2D eigenvalue weighted by molar-refractivity contribution is -0.0738. The third kappa shape index (κ3) is 2.35. The molecule has 3 rings (SSSR count). The topological polar surface area (TPSA) is 24.5 Å². The van der Waals surface area contributed by atoms with E-state index in [1.54, 1.807) is 0 Å². The summed E-state index contributed by atoms with van der Waals surface area (Å²) in [4.78, 5) is 2.37. The van der Waals surface area contributed by atoms with Crippen LogP contribution in [0.25, 0.3) is 0 Å². The standard InChI is InChI=1S/C14H19ClN2O/c15-12-3-1-2-4-13(12)17-9-10-18-14(11-17)5-7-16-8-6-14/h1-4,16H,5-11H2. The maximum absolute atomic E-state index is 6.29. The summed E-state index contributed by atoms with van der Waals surface area (Å²) in [6.45, 7) is 4.79. The summed E-state index contributed by atoms with van der Waals surface area (Å²) >= 11 is 6.29. The van der Waals surface area contributed by atoms with Gasteiger partial charge in [0.2, 0.25) is 0 Å². The number of hydrogen-bond acceptors (Lipinski definition) is 3. The molecule has 1 aromatic rings. The second kappa shape index (κ2) is 5.08. The van der Waals surface area contributed by atoms with Crippen molar-refractivity contribution in [2.75, 3.05) is 37.7 Å². The third-order valence-electron chi connectivity index (χ3n) is 3.96. The number of rotatable bonds is 1. The number of piperidine rings is 1. The largest absolute Gasteiger partial charge is 0.371 e. The van der Waals surface area contributed by atoms with E-state index in [1.165, 1.54) is 0 Å². The number of anilines is 1. The molecule has 1 spiro atoms. The summed E-state index contributed by atoms with van der Waals surface area (Å²) in [7, 11) is 0. The number of ether oxygens (including phenoxy) is 1. The van der Waals surface area contributed by atoms with E-state index in [1.807, 2.05) is 18.2 Å². The van der Waals surface area contributed by atoms with Crippen LogP contribution in [0.2, 0.25) is 5.02 Å². The first-order valence-corrected chi connectivity index (χ1v) is 7.01. The van der Waals surface area contributed by atoms with Crippen molar-refractivity contribution < 1.29 is 4.74 Å². The summed E-state index contributed by atoms with van der Waals surface area (Å²) in [5, 5.41) is 4.23. The molecule has 0 saturated carbocycles. The van der Waals surface area contributed by atoms with Gasteiger partial charge in [-0.25, -0.2) is 0 Å². The fourth-order valence-electron chi connectivity index (χ4n) is 2.94. The van der Waals surface area contributed by atoms with Crippen LogP contribution in [0.5, 0.6) is 0 Å². The SMILES string of the molecule is Clc1ccccc1N1CCOC2(CCNCC2)C1. The number of benzene rings is 1. The smallest absolute Gasteiger partial charge is 0.0881 e. The first kappa shape index (κ1) is 12.3. The Bertz CT molecular complexity index is 413. The number of para-hydroxylation sites is 1. The molecule has 0 aliphatic carbocycles. The van der Waals surface area contributed by atoms with Gasteiger partial charge < -0.3 is 15.0 Å². The van der Waals surface area contributed by atoms with E-state index in [0.717, 1.165) is 56.3 Å². The summed E-state index contributed by atoms with van der Waals surface area (Å²) in [6, 6.07) is 8.09. The van der Waals surface area contributed by atoms with Gasteiger partial charge in [0.25, 0.3) is 0 Å². The normalized spacial score (nSPS) is 23.3. The lowest BCUT2D eigenvalue weighted by atomic mass is 9.90. The van der Waals surface area contributed by atoms with Crippen molar-refractivity contribution in [2.45, 2.75) is 18.4 Å². The van der Waals surface area contributed by atoms with Gasteiger partial charge in [-0.15, -0.1) is 0 Å². The molecule has 1 aromatic carbocycles. The highest BCUT2D eigenvalue weighted by atomic mass is 35.5. The van der Waals surface area contributed by atoms with Crippen LogP contribution in [0.15, 0.2) is 24.3 Å². The van der Waals surface area contributed by atoms with Crippen molar-refractivity contribution in [1.82, 2.24) is 5.32 Å². The third-order valence-corrected chi connectivity index (χ3v) is 4.28. The molecule has 98 valence electrons. The van der Waals surface area contributed by atoms with E-state index in [0.29, 0.717) is 0 Å². The van der Waals surface area contributed by atoms with Crippen molar-refractivity contribution >= 4 is 17.3 Å². The Morgan fingerprint density at radius 3 is 2.78 bits per heavy atom. The van der Waals surface area contributed by atoms with Crippen LogP contribution in [-0.4, -0.2) is 38.4 Å². The van der Waals surface area contributed by atoms with E-state index in [4.69, 9.17) is 16.3 Å². The highest BCUT2D eigenvalue weighted by Crippen LogP contribution is 2.33. The minimum absolute atomic E-state index is 0.0304. The Labute approximate surface area is 113 Å². The van der Waals surface area contributed by atoms with Gasteiger partial charge in [-0.05, 0) is 38.1 Å². The number of nitrogens with one attached hydrogen (secondary N) is 1. The Kier molecular flexibility index (Phi) is 3.46. The second-order valence-electron chi connectivity index (χ2n) is 5.15. The molecule has 4 heteroatoms. The fourth-order valence-corrected chi connectivity index (χ4v) is 3.20. The molecule has 0 amide bonds. The van der Waals surface area contributed by atoms with Crippen molar-refractivity contribution in [3.8, 4) is 0 Å².